The van der Waals surface area contributed by atoms with Gasteiger partial charge in [-0.15, -0.1) is 11.3 Å². The monoisotopic (exact) mass is 378 g/mol. The van der Waals surface area contributed by atoms with Gasteiger partial charge in [0.05, 0.1) is 6.04 Å². The maximum absolute atomic E-state index is 12.5. The molecule has 0 saturated carbocycles. The van der Waals surface area contributed by atoms with Gasteiger partial charge in [0.15, 0.2) is 5.13 Å². The molecule has 1 fully saturated rings. The Hall–Kier alpha value is -1.63. The zero-order valence-electron chi connectivity index (χ0n) is 14.3. The lowest BCUT2D eigenvalue weighted by atomic mass is 10.2. The summed E-state index contributed by atoms with van der Waals surface area (Å²) in [5.74, 6) is 0.0673. The van der Waals surface area contributed by atoms with Crippen LogP contribution < -0.4 is 10.2 Å². The highest BCUT2D eigenvalue weighted by molar-refractivity contribution is 7.13. The van der Waals surface area contributed by atoms with Crippen LogP contribution in [0.2, 0.25) is 5.02 Å². The molecule has 0 aliphatic carbocycles. The molecule has 7 heteroatoms. The van der Waals surface area contributed by atoms with Crippen LogP contribution in [0.3, 0.4) is 0 Å². The number of amides is 1. The lowest BCUT2D eigenvalue weighted by Gasteiger charge is -2.27. The number of anilines is 1. The molecule has 1 aromatic carbocycles. The Bertz CT molecular complexity index is 677. The van der Waals surface area contributed by atoms with Gasteiger partial charge in [0.2, 0.25) is 5.91 Å². The second-order valence-corrected chi connectivity index (χ2v) is 7.52. The Labute approximate surface area is 157 Å². The van der Waals surface area contributed by atoms with Gasteiger partial charge in [-0.3, -0.25) is 9.69 Å². The molecule has 1 aromatic heterocycles. The Morgan fingerprint density at radius 2 is 2.08 bits per heavy atom. The molecule has 2 heterocycles. The number of halogens is 1. The van der Waals surface area contributed by atoms with Gasteiger partial charge in [-0.05, 0) is 31.0 Å². The summed E-state index contributed by atoms with van der Waals surface area (Å²) in [7, 11) is 0. The van der Waals surface area contributed by atoms with E-state index in [-0.39, 0.29) is 11.9 Å². The number of hydrogen-bond acceptors (Lipinski definition) is 5. The highest BCUT2D eigenvalue weighted by atomic mass is 35.5. The van der Waals surface area contributed by atoms with E-state index in [4.69, 9.17) is 11.6 Å². The number of benzene rings is 1. The van der Waals surface area contributed by atoms with Crippen LogP contribution in [0.4, 0.5) is 5.13 Å². The number of thiazole rings is 1. The molecule has 0 spiro atoms. The lowest BCUT2D eigenvalue weighted by molar-refractivity contribution is -0.126. The third kappa shape index (κ3) is 4.93. The second kappa shape index (κ2) is 8.65. The Morgan fingerprint density at radius 3 is 2.80 bits per heavy atom. The van der Waals surface area contributed by atoms with Crippen molar-refractivity contribution in [2.24, 2.45) is 0 Å². The number of rotatable bonds is 5. The summed E-state index contributed by atoms with van der Waals surface area (Å²) < 4.78 is 0. The molecule has 2 aromatic rings. The largest absolute Gasteiger partial charge is 0.351 e. The van der Waals surface area contributed by atoms with Gasteiger partial charge in [-0.25, -0.2) is 4.98 Å². The molecule has 1 amide bonds. The smallest absolute Gasteiger partial charge is 0.237 e. The van der Waals surface area contributed by atoms with E-state index in [2.05, 4.69) is 20.1 Å². The molecule has 25 heavy (non-hydrogen) atoms. The predicted molar refractivity (Wildman–Crippen MR) is 103 cm³/mol. The SMILES string of the molecule is CC(C(=O)NCc1ccc(Cl)cc1)N1CCCN(c2nccs2)CC1. The number of nitrogens with zero attached hydrogens (tertiary/aromatic N) is 3. The maximum Gasteiger partial charge on any atom is 0.237 e. The predicted octanol–water partition coefficient (Wildman–Crippen LogP) is 3.01. The van der Waals surface area contributed by atoms with Crippen LogP contribution in [0.15, 0.2) is 35.8 Å². The minimum Gasteiger partial charge on any atom is -0.351 e. The first kappa shape index (κ1) is 18.2. The number of carbonyl (C=O) groups is 1. The van der Waals surface area contributed by atoms with Gasteiger partial charge in [0, 0.05) is 49.3 Å². The van der Waals surface area contributed by atoms with E-state index in [0.29, 0.717) is 11.6 Å². The zero-order chi connectivity index (χ0) is 17.6. The van der Waals surface area contributed by atoms with Crippen LogP contribution in [0.25, 0.3) is 0 Å². The van der Waals surface area contributed by atoms with E-state index >= 15 is 0 Å². The summed E-state index contributed by atoms with van der Waals surface area (Å²) in [4.78, 5) is 21.5. The van der Waals surface area contributed by atoms with Crippen molar-refractivity contribution in [3.63, 3.8) is 0 Å². The van der Waals surface area contributed by atoms with Gasteiger partial charge < -0.3 is 10.2 Å². The highest BCUT2D eigenvalue weighted by Crippen LogP contribution is 2.19. The van der Waals surface area contributed by atoms with Crippen molar-refractivity contribution >= 4 is 34.0 Å². The zero-order valence-corrected chi connectivity index (χ0v) is 15.9. The molecular formula is C18H23ClN4OS. The van der Waals surface area contributed by atoms with Gasteiger partial charge in [0.25, 0.3) is 0 Å². The van der Waals surface area contributed by atoms with Crippen molar-refractivity contribution in [3.05, 3.63) is 46.4 Å². The van der Waals surface area contributed by atoms with E-state index in [1.807, 2.05) is 42.8 Å². The maximum atomic E-state index is 12.5. The minimum absolute atomic E-state index is 0.0673. The highest BCUT2D eigenvalue weighted by Gasteiger charge is 2.24. The summed E-state index contributed by atoms with van der Waals surface area (Å²) in [6.45, 7) is 6.20. The number of nitrogens with one attached hydrogen (secondary N) is 1. The molecular weight excluding hydrogens is 356 g/mol. The summed E-state index contributed by atoms with van der Waals surface area (Å²) in [5.41, 5.74) is 1.05. The van der Waals surface area contributed by atoms with Gasteiger partial charge in [-0.1, -0.05) is 23.7 Å². The lowest BCUT2D eigenvalue weighted by Crippen LogP contribution is -2.46. The van der Waals surface area contributed by atoms with Crippen molar-refractivity contribution < 1.29 is 4.79 Å². The van der Waals surface area contributed by atoms with Crippen LogP contribution in [-0.4, -0.2) is 48.0 Å². The number of hydrogen-bond donors (Lipinski definition) is 1. The van der Waals surface area contributed by atoms with Crippen LogP contribution in [0.5, 0.6) is 0 Å². The first-order valence-corrected chi connectivity index (χ1v) is 9.80. The third-order valence-corrected chi connectivity index (χ3v) is 5.61. The van der Waals surface area contributed by atoms with Crippen LogP contribution in [-0.2, 0) is 11.3 Å². The average Bonchev–Trinajstić information content (AvgIpc) is 3.05. The fourth-order valence-corrected chi connectivity index (χ4v) is 3.82. The van der Waals surface area contributed by atoms with Crippen molar-refractivity contribution in [1.82, 2.24) is 15.2 Å². The standard InChI is InChI=1S/C18H23ClN4OS/c1-14(17(24)21-13-15-3-5-16(19)6-4-15)22-8-2-9-23(11-10-22)18-20-7-12-25-18/h3-7,12,14H,2,8-11,13H2,1H3,(H,21,24). The third-order valence-electron chi connectivity index (χ3n) is 4.53. The summed E-state index contributed by atoms with van der Waals surface area (Å²) >= 11 is 7.56. The van der Waals surface area contributed by atoms with Gasteiger partial charge >= 0.3 is 0 Å². The molecule has 1 atom stereocenters. The number of aromatic nitrogens is 1. The summed E-state index contributed by atoms with van der Waals surface area (Å²) in [6.07, 6.45) is 2.88. The van der Waals surface area contributed by atoms with Crippen molar-refractivity contribution in [2.75, 3.05) is 31.1 Å². The fourth-order valence-electron chi connectivity index (χ4n) is 2.99. The minimum atomic E-state index is -0.136. The van der Waals surface area contributed by atoms with Crippen molar-refractivity contribution in [2.45, 2.75) is 25.9 Å². The molecule has 134 valence electrons. The molecule has 0 radical (unpaired) electrons. The van der Waals surface area contributed by atoms with Crippen LogP contribution >= 0.6 is 22.9 Å². The van der Waals surface area contributed by atoms with E-state index in [1.54, 1.807) is 11.3 Å². The van der Waals surface area contributed by atoms with E-state index < -0.39 is 0 Å². The number of carbonyl (C=O) groups excluding carboxylic acids is 1. The summed E-state index contributed by atoms with van der Waals surface area (Å²) in [6, 6.07) is 7.42. The molecule has 1 N–H and O–H groups in total. The normalized spacial score (nSPS) is 17.1. The first-order chi connectivity index (χ1) is 12.1. The Kier molecular flexibility index (Phi) is 6.29. The summed E-state index contributed by atoms with van der Waals surface area (Å²) in [5, 5.41) is 6.81. The van der Waals surface area contributed by atoms with E-state index in [1.165, 1.54) is 0 Å². The van der Waals surface area contributed by atoms with Gasteiger partial charge in [-0.2, -0.15) is 0 Å². The topological polar surface area (TPSA) is 48.5 Å². The molecule has 0 bridgehead atoms. The van der Waals surface area contributed by atoms with Crippen molar-refractivity contribution in [3.8, 4) is 0 Å². The van der Waals surface area contributed by atoms with E-state index in [9.17, 15) is 4.79 Å². The molecule has 1 aliphatic rings. The molecule has 3 rings (SSSR count). The molecule has 1 aliphatic heterocycles. The Balaban J connectivity index is 1.50. The fraction of sp³-hybridized carbons (Fsp3) is 0.444. The average molecular weight is 379 g/mol. The molecule has 1 unspecified atom stereocenters. The molecule has 5 nitrogen and oxygen atoms in total. The quantitative estimate of drug-likeness (QED) is 0.868. The molecule has 1 saturated heterocycles. The van der Waals surface area contributed by atoms with E-state index in [0.717, 1.165) is 43.3 Å². The van der Waals surface area contributed by atoms with Crippen molar-refractivity contribution in [1.29, 1.82) is 0 Å². The first-order valence-electron chi connectivity index (χ1n) is 8.54. The Morgan fingerprint density at radius 1 is 1.28 bits per heavy atom. The van der Waals surface area contributed by atoms with Gasteiger partial charge in [0.1, 0.15) is 0 Å². The van der Waals surface area contributed by atoms with Crippen LogP contribution in [0, 0.1) is 0 Å². The van der Waals surface area contributed by atoms with Crippen LogP contribution in [0.1, 0.15) is 18.9 Å². The second-order valence-electron chi connectivity index (χ2n) is 6.21.